The summed E-state index contributed by atoms with van der Waals surface area (Å²) >= 11 is 9.65. The minimum atomic E-state index is -2.27. The number of imide groups is 1. The van der Waals surface area contributed by atoms with Gasteiger partial charge in [-0.1, -0.05) is 161 Å². The van der Waals surface area contributed by atoms with Crippen LogP contribution in [-0.2, 0) is 709 Å². The molecule has 0 unspecified atom stereocenters. The minimum Gasteiger partial charge on any atom is -0.447 e. The maximum atomic E-state index is 13.8. The van der Waals surface area contributed by atoms with Crippen molar-refractivity contribution in [2.45, 2.75) is 231 Å². The van der Waals surface area contributed by atoms with Gasteiger partial charge in [0.15, 0.2) is 16.6 Å². The Morgan fingerprint density at radius 2 is 0.594 bits per heavy atom. The third kappa shape index (κ3) is 103. The van der Waals surface area contributed by atoms with E-state index in [0.717, 1.165) is 44.1 Å². The number of aliphatic hydroxyl groups excluding tert-OH is 2. The van der Waals surface area contributed by atoms with Gasteiger partial charge in [-0.3, -0.25) is 9.59 Å². The normalized spacial score (nSPS) is 12.0. The van der Waals surface area contributed by atoms with Gasteiger partial charge in [0.05, 0.1) is 18.2 Å². The van der Waals surface area contributed by atoms with Crippen LogP contribution in [0.2, 0.25) is 36.3 Å². The van der Waals surface area contributed by atoms with Gasteiger partial charge in [-0.05, 0) is 99.6 Å². The van der Waals surface area contributed by atoms with Crippen LogP contribution >= 0.6 is 0 Å². The van der Waals surface area contributed by atoms with E-state index in [1.54, 1.807) is 107 Å². The van der Waals surface area contributed by atoms with Gasteiger partial charge in [0, 0.05) is 680 Å². The van der Waals surface area contributed by atoms with Gasteiger partial charge in [-0.2, -0.15) is 0 Å². The fourth-order valence-electron chi connectivity index (χ4n) is 7.38. The largest absolute Gasteiger partial charge is 0.447 e. The average Bonchev–Trinajstić information content (AvgIpc) is 1.79. The van der Waals surface area contributed by atoms with Gasteiger partial charge < -0.3 is 29.5 Å². The number of hydrogen-bond acceptors (Lipinski definition) is 10. The maximum absolute atomic E-state index is 13.8. The Morgan fingerprint density at radius 1 is 0.370 bits per heavy atom. The Morgan fingerprint density at radius 3 is 0.812 bits per heavy atom. The summed E-state index contributed by atoms with van der Waals surface area (Å²) in [5, 5.41) is 20.2. The molecule has 1 aliphatic rings. The van der Waals surface area contributed by atoms with Gasteiger partial charge in [-0.25, -0.2) is 9.69 Å². The van der Waals surface area contributed by atoms with E-state index < -0.39 is 34.9 Å². The van der Waals surface area contributed by atoms with Gasteiger partial charge in [0.1, 0.15) is 18.8 Å². The lowest BCUT2D eigenvalue weighted by molar-refractivity contribution is -0.137. The molecule has 1 saturated heterocycles. The van der Waals surface area contributed by atoms with Crippen molar-refractivity contribution >= 4 is 714 Å². The Labute approximate surface area is 1040 Å². The zero-order chi connectivity index (χ0) is 101. The number of nitrogens with two attached hydrogens (primary N) is 1. The molecule has 0 saturated carbocycles. The van der Waals surface area contributed by atoms with Gasteiger partial charge in [0.25, 0.3) is 5.91 Å². The molecule has 1 heterocycles. The topological polar surface area (TPSA) is 149 Å². The van der Waals surface area contributed by atoms with E-state index in [-0.39, 0.29) is 46.7 Å². The second-order valence-corrected chi connectivity index (χ2v) is 166. The number of amides is 3. The fraction of sp³-hybridized carbons (Fsp3) is 0.740. The second kappa shape index (κ2) is 115. The Balaban J connectivity index is 0.00000246. The monoisotopic (exact) mass is 3330 g/mol. The summed E-state index contributed by atoms with van der Waals surface area (Å²) in [6.45, 7) is 26.0. The lowest BCUT2D eigenvalue weighted by Gasteiger charge is -2.39. The van der Waals surface area contributed by atoms with E-state index in [0.29, 0.717) is 38.5 Å². The lowest BCUT2D eigenvalue weighted by Crippen LogP contribution is -2.52. The SMILES string of the molecule is CCCCCC[C@@H](O)C/C=C/CC[C@@H](O[Si](C)(C)C(C)(C)C)C(=O)N1C(=O)OC[C@H]1Cc1ccccc1.CCCCCC[C@@H](O)C/C=C/CC[C@@H](O[Si](C)(C)C(C)(C)C)C(N)=O.S=S=S=S=S=S=S=S=S=S=S=S=S=S=S=S=S=S=S=S=S=S=S=S=S=S=S=S=S=S=S=S=S=S=S=S=S=S=S=S=S=S=S=S=S=S=S=S=S=S=S=S=S=S=S=S=S=S=S=S=S=S=S=S=S=S=S=S=S=S=S=S=S=S=S=S. The average molecular weight is 3340 g/mol. The summed E-state index contributed by atoms with van der Waals surface area (Å²) in [6, 6.07) is 9.51. The number of benzene rings is 1. The zero-order valence-corrected chi connectivity index (χ0v) is 136. The molecule has 1 fully saturated rings. The number of carbonyl (C=O) groups excluding carboxylic acids is 3. The van der Waals surface area contributed by atoms with Crippen molar-refractivity contribution in [3.63, 3.8) is 0 Å². The van der Waals surface area contributed by atoms with Crippen LogP contribution in [-0.4, -0.2) is 86.7 Å². The number of rotatable bonds is 28. The predicted octanol–water partition coefficient (Wildman–Crippen LogP) is 11.8. The molecule has 0 aliphatic carbocycles. The molecule has 0 spiro atoms. The summed E-state index contributed by atoms with van der Waals surface area (Å²) in [5.41, 5.74) is 6.58. The number of aliphatic hydroxyl groups is 2. The molecule has 0 aromatic heterocycles. The molecule has 4 N–H and O–H groups in total. The molecule has 10 nitrogen and oxygen atoms in total. The number of unbranched alkanes of at least 4 members (excludes halogenated alkanes) is 6. The summed E-state index contributed by atoms with van der Waals surface area (Å²) in [6.07, 6.45) is 21.0. The molecule has 1 aromatic rings. The number of carbonyl (C=O) groups is 3. The molecular weight excluding hydrogens is 3250 g/mol. The first kappa shape index (κ1) is 152. The standard InChI is InChI=1S/C30H49NO5Si.C20H41NO3Si.S76/c1-7-8-9-14-19-26(32)20-15-11-16-21-27(36-37(5,6)30(2,3)4)28(33)31-25(23-35-29(31)34)22-24-17-12-10-13-18-24;1-7-8-9-11-14-17(22)15-12-10-13-16-18(19(21)23)24-25(5,6)20(2,3)4;1-3-5-7-9-11-13-15-17-19-21-23-25-27-29-31-33-35-37-39-41-43-45-47-49-51-53-55-57-59-61-63-65-67-69-71-73-75-76-74-72-70-68-66-64-62-60-58-56-54-52-50-48-46-44-42-40-38-36-34-32-30-28-26-24-22-20-18-16-14-12-10-8-6-4-2/h10-13,15,17-18,25-27,32H,7-9,14,16,19-23H2,1-6H3;10,12,17-18,22H,7-9,11,13-16H2,1-6H3,(H2,21,23);/b15-11+;12-10+;/t25-,26-,27-;17-,18-;/m11./s1. The predicted molar refractivity (Wildman–Crippen MR) is 821 cm³/mol. The van der Waals surface area contributed by atoms with Gasteiger partial charge in [-0.15, -0.1) is 0 Å². The molecular formula is C50H90N2O8S76Si2. The van der Waals surface area contributed by atoms with Crippen LogP contribution in [0.25, 0.3) is 0 Å². The molecule has 812 valence electrons. The molecule has 1 aromatic carbocycles. The smallest absolute Gasteiger partial charge is 0.417 e. The molecule has 138 heavy (non-hydrogen) atoms. The van der Waals surface area contributed by atoms with Crippen molar-refractivity contribution in [3.8, 4) is 0 Å². The Hall–Kier alpha value is 14.1. The van der Waals surface area contributed by atoms with Crippen LogP contribution < -0.4 is 5.73 Å². The molecule has 88 heteroatoms. The van der Waals surface area contributed by atoms with E-state index in [1.165, 1.54) is 54.8 Å². The number of primary amides is 1. The van der Waals surface area contributed by atoms with Gasteiger partial charge in [0.2, 0.25) is 5.91 Å². The van der Waals surface area contributed by atoms with Gasteiger partial charge >= 0.3 is 6.09 Å². The van der Waals surface area contributed by atoms with Crippen molar-refractivity contribution in [1.29, 1.82) is 0 Å². The van der Waals surface area contributed by atoms with Crippen LogP contribution in [0.1, 0.15) is 164 Å². The van der Waals surface area contributed by atoms with E-state index >= 15 is 0 Å². The Kier molecular flexibility index (Phi) is 127. The van der Waals surface area contributed by atoms with E-state index in [9.17, 15) is 24.6 Å². The number of ether oxygens (including phenoxy) is 1. The summed E-state index contributed by atoms with van der Waals surface area (Å²) in [7, 11) is 129. The number of allylic oxidation sites excluding steroid dienone is 2. The second-order valence-electron chi connectivity index (χ2n) is 25.4. The van der Waals surface area contributed by atoms with Crippen LogP contribution in [0.5, 0.6) is 0 Å². The Bertz CT molecular complexity index is 7720. The summed E-state index contributed by atoms with van der Waals surface area (Å²) < 4.78 is 18.0. The van der Waals surface area contributed by atoms with E-state index in [1.807, 2.05) is 587 Å². The molecule has 3 amide bonds. The van der Waals surface area contributed by atoms with Crippen LogP contribution in [0, 0.1) is 0 Å². The fourth-order valence-corrected chi connectivity index (χ4v) is 208. The van der Waals surface area contributed by atoms with E-state index in [2.05, 4.69) is 81.6 Å². The number of nitrogens with zero attached hydrogens (tertiary/aromatic N) is 1. The molecule has 0 bridgehead atoms. The first-order chi connectivity index (χ1) is 66.9. The minimum absolute atomic E-state index is 0.0540. The van der Waals surface area contributed by atoms with Crippen molar-refractivity contribution < 1.29 is 38.2 Å². The van der Waals surface area contributed by atoms with E-state index in [4.69, 9.17) is 41.7 Å². The number of hydrogen-bond donors (Lipinski definition) is 3. The third-order valence-electron chi connectivity index (χ3n) is 14.7. The quantitative estimate of drug-likeness (QED) is 0.0421. The zero-order valence-electron chi connectivity index (χ0n) is 72.2. The summed E-state index contributed by atoms with van der Waals surface area (Å²) in [4.78, 5) is 39.4. The summed E-state index contributed by atoms with van der Waals surface area (Å²) in [5.74, 6) is -0.688. The van der Waals surface area contributed by atoms with Crippen molar-refractivity contribution in [1.82, 2.24) is 4.90 Å². The highest BCUT2D eigenvalue weighted by molar-refractivity contribution is 8.85. The van der Waals surface area contributed by atoms with Crippen molar-refractivity contribution in [2.75, 3.05) is 6.61 Å². The molecule has 5 atom stereocenters. The van der Waals surface area contributed by atoms with Crippen LogP contribution in [0.15, 0.2) is 54.6 Å². The van der Waals surface area contributed by atoms with Crippen molar-refractivity contribution in [2.24, 2.45) is 5.73 Å². The van der Waals surface area contributed by atoms with Crippen molar-refractivity contribution in [3.05, 3.63) is 60.2 Å². The number of cyclic esters (lactones) is 1. The first-order valence-corrected chi connectivity index (χ1v) is 142. The van der Waals surface area contributed by atoms with Crippen LogP contribution in [0.3, 0.4) is 0 Å². The highest BCUT2D eigenvalue weighted by Crippen LogP contribution is 2.39. The highest BCUT2D eigenvalue weighted by Gasteiger charge is 2.46. The highest BCUT2D eigenvalue weighted by atomic mass is 33.5. The maximum Gasteiger partial charge on any atom is 0.417 e. The molecule has 1 aliphatic heterocycles. The third-order valence-corrected chi connectivity index (χ3v) is 186. The van der Waals surface area contributed by atoms with Crippen LogP contribution in [0.4, 0.5) is 4.79 Å². The molecule has 0 radical (unpaired) electrons. The molecule has 2 rings (SSSR count). The first-order valence-electron chi connectivity index (χ1n) is 36.3. The lowest BCUT2D eigenvalue weighted by atomic mass is 10.0.